The van der Waals surface area contributed by atoms with Crippen LogP contribution in [0.2, 0.25) is 0 Å². The van der Waals surface area contributed by atoms with Gasteiger partial charge < -0.3 is 30.4 Å². The SMILES string of the molecule is CO[C@@H]1C[C@@]23COC[C@](C)([C@@H]2CC[C@H]2C3=CC[C@@]3(C)[C@H](C(=O)O)[C@@](C)([C@H](C)C(C)C)CC[C@]23C)[C@H]1OCCNCCCN. The van der Waals surface area contributed by atoms with E-state index in [2.05, 4.69) is 59.9 Å². The molecule has 0 aromatic carbocycles. The molecule has 246 valence electrons. The largest absolute Gasteiger partial charge is 0.481 e. The Kier molecular flexibility index (Phi) is 9.30. The van der Waals surface area contributed by atoms with Crippen molar-refractivity contribution < 1.29 is 24.1 Å². The average Bonchev–Trinajstić information content (AvgIpc) is 2.95. The lowest BCUT2D eigenvalue weighted by molar-refractivity contribution is -0.266. The van der Waals surface area contributed by atoms with Gasteiger partial charge in [0.05, 0.1) is 37.9 Å². The summed E-state index contributed by atoms with van der Waals surface area (Å²) >= 11 is 0. The number of nitrogens with one attached hydrogen (secondary N) is 1. The van der Waals surface area contributed by atoms with E-state index in [9.17, 15) is 9.90 Å². The third kappa shape index (κ3) is 4.89. The molecule has 3 saturated carbocycles. The van der Waals surface area contributed by atoms with Gasteiger partial charge in [0.2, 0.25) is 0 Å². The first kappa shape index (κ1) is 33.4. The molecule has 7 heteroatoms. The van der Waals surface area contributed by atoms with E-state index < -0.39 is 5.97 Å². The molecule has 1 saturated heterocycles. The van der Waals surface area contributed by atoms with Crippen molar-refractivity contribution in [2.24, 2.45) is 62.4 Å². The highest BCUT2D eigenvalue weighted by Crippen LogP contribution is 2.75. The summed E-state index contributed by atoms with van der Waals surface area (Å²) in [5, 5.41) is 14.4. The number of aliphatic carboxylic acids is 1. The third-order valence-corrected chi connectivity index (χ3v) is 14.5. The van der Waals surface area contributed by atoms with E-state index in [1.165, 1.54) is 0 Å². The smallest absolute Gasteiger partial charge is 0.307 e. The molecule has 4 aliphatic carbocycles. The number of carbonyl (C=O) groups is 1. The maximum Gasteiger partial charge on any atom is 0.307 e. The molecule has 0 unspecified atom stereocenters. The second-order valence-corrected chi connectivity index (χ2v) is 16.5. The molecule has 1 heterocycles. The van der Waals surface area contributed by atoms with Gasteiger partial charge in [-0.2, -0.15) is 0 Å². The fourth-order valence-corrected chi connectivity index (χ4v) is 11.7. The first-order chi connectivity index (χ1) is 20.3. The summed E-state index contributed by atoms with van der Waals surface area (Å²) in [4.78, 5) is 13.3. The van der Waals surface area contributed by atoms with Crippen LogP contribution < -0.4 is 11.1 Å². The lowest BCUT2D eigenvalue weighted by atomic mass is 9.34. The Morgan fingerprint density at radius 2 is 1.86 bits per heavy atom. The molecular weight excluding hydrogens is 540 g/mol. The third-order valence-electron chi connectivity index (χ3n) is 14.5. The Morgan fingerprint density at radius 1 is 1.12 bits per heavy atom. The Hall–Kier alpha value is -0.990. The van der Waals surface area contributed by atoms with Crippen molar-refractivity contribution in [2.45, 2.75) is 106 Å². The van der Waals surface area contributed by atoms with Crippen LogP contribution in [0, 0.1) is 56.7 Å². The molecule has 0 amide bonds. The summed E-state index contributed by atoms with van der Waals surface area (Å²) in [5.74, 6) is 0.662. The van der Waals surface area contributed by atoms with Crippen LogP contribution in [-0.2, 0) is 19.0 Å². The van der Waals surface area contributed by atoms with E-state index in [1.807, 2.05) is 7.11 Å². The maximum absolute atomic E-state index is 13.3. The molecular formula is C36H62N2O5. The number of carboxylic acids is 1. The molecule has 0 aromatic rings. The van der Waals surface area contributed by atoms with E-state index in [-0.39, 0.29) is 45.2 Å². The van der Waals surface area contributed by atoms with E-state index in [0.29, 0.717) is 43.4 Å². The van der Waals surface area contributed by atoms with Crippen molar-refractivity contribution in [3.63, 3.8) is 0 Å². The molecule has 0 aromatic heterocycles. The fourth-order valence-electron chi connectivity index (χ4n) is 11.7. The van der Waals surface area contributed by atoms with Crippen molar-refractivity contribution in [3.8, 4) is 0 Å². The molecule has 4 N–H and O–H groups in total. The molecule has 43 heavy (non-hydrogen) atoms. The van der Waals surface area contributed by atoms with Crippen molar-refractivity contribution in [1.82, 2.24) is 5.32 Å². The van der Waals surface area contributed by atoms with E-state index in [0.717, 1.165) is 64.6 Å². The zero-order chi connectivity index (χ0) is 31.4. The highest BCUT2D eigenvalue weighted by molar-refractivity contribution is 5.73. The maximum atomic E-state index is 13.3. The normalized spacial score (nSPS) is 46.4. The predicted molar refractivity (Wildman–Crippen MR) is 171 cm³/mol. The van der Waals surface area contributed by atoms with Crippen molar-refractivity contribution in [2.75, 3.05) is 46.6 Å². The number of hydrogen-bond acceptors (Lipinski definition) is 6. The van der Waals surface area contributed by atoms with Crippen LogP contribution in [0.15, 0.2) is 11.6 Å². The molecule has 4 fully saturated rings. The Labute approximate surface area is 261 Å². The van der Waals surface area contributed by atoms with Gasteiger partial charge in [0.15, 0.2) is 0 Å². The molecule has 0 spiro atoms. The van der Waals surface area contributed by atoms with Crippen LogP contribution in [0.4, 0.5) is 0 Å². The number of ether oxygens (including phenoxy) is 3. The summed E-state index contributed by atoms with van der Waals surface area (Å²) in [6, 6.07) is 0. The van der Waals surface area contributed by atoms with Crippen LogP contribution in [-0.4, -0.2) is 69.8 Å². The van der Waals surface area contributed by atoms with Gasteiger partial charge in [-0.15, -0.1) is 0 Å². The highest BCUT2D eigenvalue weighted by Gasteiger charge is 2.71. The second-order valence-electron chi connectivity index (χ2n) is 16.5. The summed E-state index contributed by atoms with van der Waals surface area (Å²) in [5.41, 5.74) is 6.39. The summed E-state index contributed by atoms with van der Waals surface area (Å²) in [7, 11) is 1.85. The Balaban J connectivity index is 1.48. The minimum Gasteiger partial charge on any atom is -0.481 e. The Bertz CT molecular complexity index is 1060. The van der Waals surface area contributed by atoms with Crippen LogP contribution in [0.5, 0.6) is 0 Å². The van der Waals surface area contributed by atoms with Crippen molar-refractivity contribution in [3.05, 3.63) is 11.6 Å². The molecule has 0 radical (unpaired) electrons. The lowest BCUT2D eigenvalue weighted by Gasteiger charge is -2.71. The number of allylic oxidation sites excluding steroid dienone is 1. The van der Waals surface area contributed by atoms with Crippen LogP contribution in [0.3, 0.4) is 0 Å². The van der Waals surface area contributed by atoms with E-state index in [1.54, 1.807) is 5.57 Å². The summed E-state index contributed by atoms with van der Waals surface area (Å²) in [6.07, 6.45) is 9.52. The van der Waals surface area contributed by atoms with Crippen molar-refractivity contribution >= 4 is 5.97 Å². The molecule has 11 atom stereocenters. The fraction of sp³-hybridized carbons (Fsp3) is 0.917. The minimum atomic E-state index is -0.602. The Morgan fingerprint density at radius 3 is 2.51 bits per heavy atom. The molecule has 2 bridgehead atoms. The molecule has 7 nitrogen and oxygen atoms in total. The van der Waals surface area contributed by atoms with Gasteiger partial charge in [0, 0.05) is 24.5 Å². The molecule has 1 aliphatic heterocycles. The average molecular weight is 603 g/mol. The van der Waals surface area contributed by atoms with Crippen LogP contribution >= 0.6 is 0 Å². The highest BCUT2D eigenvalue weighted by atomic mass is 16.5. The van der Waals surface area contributed by atoms with Gasteiger partial charge >= 0.3 is 5.97 Å². The zero-order valence-corrected chi connectivity index (χ0v) is 28.5. The number of carboxylic acid groups (broad SMARTS) is 1. The van der Waals surface area contributed by atoms with Crippen molar-refractivity contribution in [1.29, 1.82) is 0 Å². The zero-order valence-electron chi connectivity index (χ0n) is 28.5. The van der Waals surface area contributed by atoms with Gasteiger partial charge in [0.25, 0.3) is 0 Å². The minimum absolute atomic E-state index is 0.00302. The summed E-state index contributed by atoms with van der Waals surface area (Å²) in [6.45, 7) is 20.8. The number of fused-ring (bicyclic) bond motifs is 3. The van der Waals surface area contributed by atoms with E-state index in [4.69, 9.17) is 19.9 Å². The van der Waals surface area contributed by atoms with Crippen LogP contribution in [0.25, 0.3) is 0 Å². The van der Waals surface area contributed by atoms with Gasteiger partial charge in [0.1, 0.15) is 0 Å². The standard InChI is InChI=1S/C36H62N2O5/c1-23(2)24(3)32(4)14-15-34(6)25-10-11-28-33(5)21-42-22-36(28,26(25)12-13-35(34,7)29(32)31(39)40)20-27(41-8)30(33)43-19-18-38-17-9-16-37/h12,23-25,27-30,38H,9-11,13-22,37H2,1-8H3,(H,39,40)/t24-,25+,27-,28+,29-,30+,32-,33-,34-,35+,36+/m1/s1. The number of nitrogens with two attached hydrogens (primary N) is 1. The quantitative estimate of drug-likeness (QED) is 0.199. The van der Waals surface area contributed by atoms with Crippen LogP contribution in [0.1, 0.15) is 93.4 Å². The predicted octanol–water partition coefficient (Wildman–Crippen LogP) is 5.91. The lowest BCUT2D eigenvalue weighted by Crippen LogP contribution is -2.70. The molecule has 5 aliphatic rings. The van der Waals surface area contributed by atoms with Gasteiger partial charge in [-0.05, 0) is 98.0 Å². The number of rotatable bonds is 11. The number of hydrogen-bond donors (Lipinski definition) is 3. The first-order valence-corrected chi connectivity index (χ1v) is 17.3. The summed E-state index contributed by atoms with van der Waals surface area (Å²) < 4.78 is 19.5. The second kappa shape index (κ2) is 12.0. The topological polar surface area (TPSA) is 103 Å². The van der Waals surface area contributed by atoms with Gasteiger partial charge in [-0.3, -0.25) is 4.79 Å². The van der Waals surface area contributed by atoms with Gasteiger partial charge in [-0.25, -0.2) is 0 Å². The monoisotopic (exact) mass is 602 g/mol. The molecule has 5 rings (SSSR count). The number of methoxy groups -OCH3 is 1. The van der Waals surface area contributed by atoms with E-state index >= 15 is 0 Å². The first-order valence-electron chi connectivity index (χ1n) is 17.3. The van der Waals surface area contributed by atoms with Gasteiger partial charge in [-0.1, -0.05) is 60.1 Å².